The molecule has 0 saturated carbocycles. The number of fused-ring (bicyclic) bond motifs is 12. The number of rotatable bonds is 18. The molecule has 0 saturated heterocycles. The van der Waals surface area contributed by atoms with Crippen LogP contribution in [0, 0.1) is 48.5 Å². The summed E-state index contributed by atoms with van der Waals surface area (Å²) in [5, 5.41) is 11.9. The third-order valence-corrected chi connectivity index (χ3v) is 29.4. The van der Waals surface area contributed by atoms with Crippen molar-refractivity contribution in [1.82, 2.24) is 39.9 Å². The second-order valence-electron chi connectivity index (χ2n) is 32.8. The molecule has 0 aliphatic heterocycles. The molecule has 16 nitrogen and oxygen atoms in total. The van der Waals surface area contributed by atoms with Gasteiger partial charge in [0.25, 0.3) is 0 Å². The molecule has 12 aromatic heterocycles. The van der Waals surface area contributed by atoms with Crippen LogP contribution in [0.25, 0.3) is 87.8 Å². The van der Waals surface area contributed by atoms with Crippen LogP contribution < -0.4 is 40.3 Å². The van der Waals surface area contributed by atoms with Gasteiger partial charge in [-0.15, -0.1) is 119 Å². The average Bonchev–Trinajstić information content (AvgIpc) is 1.59. The molecule has 0 bridgehead atoms. The van der Waals surface area contributed by atoms with Crippen molar-refractivity contribution >= 4 is 159 Å². The van der Waals surface area contributed by atoms with Gasteiger partial charge in [-0.3, -0.25) is 19.9 Å². The summed E-state index contributed by atoms with van der Waals surface area (Å²) in [6.07, 6.45) is 14.4. The van der Waals surface area contributed by atoms with Gasteiger partial charge < -0.3 is 36.9 Å². The van der Waals surface area contributed by atoms with Crippen LogP contribution in [0.5, 0.6) is 23.3 Å². The van der Waals surface area contributed by atoms with Gasteiger partial charge in [0.15, 0.2) is 0 Å². The van der Waals surface area contributed by atoms with Crippen LogP contribution in [0.15, 0.2) is 371 Å². The Labute approximate surface area is 824 Å². The van der Waals surface area contributed by atoms with E-state index in [0.29, 0.717) is 34.4 Å². The molecule has 22 rings (SSSR count). The molecule has 22 aromatic rings. The first-order chi connectivity index (χ1) is 62.4. The van der Waals surface area contributed by atoms with Crippen molar-refractivity contribution in [2.24, 2.45) is 0 Å². The summed E-state index contributed by atoms with van der Waals surface area (Å²) < 4.78 is 35.8. The topological polar surface area (TPSA) is 181 Å². The number of para-hydroxylation sites is 2. The quantitative estimate of drug-likeness (QED) is 0.0584. The van der Waals surface area contributed by atoms with Crippen LogP contribution in [0.2, 0.25) is 26.2 Å². The average molecular weight is 2480 g/mol. The molecule has 0 amide bonds. The molecular formula is C110H82N10O6Pt4Si2. The van der Waals surface area contributed by atoms with E-state index in [1.807, 2.05) is 207 Å². The molecule has 10 aromatic carbocycles. The Morgan fingerprint density at radius 1 is 0.258 bits per heavy atom. The summed E-state index contributed by atoms with van der Waals surface area (Å²) in [6.45, 7) is 18.0. The second-order valence-corrected chi connectivity index (χ2v) is 41.4. The van der Waals surface area contributed by atoms with E-state index in [1.165, 1.54) is 10.4 Å². The van der Waals surface area contributed by atoms with Gasteiger partial charge >= 0.3 is 84.3 Å². The summed E-state index contributed by atoms with van der Waals surface area (Å²) in [4.78, 5) is 40.2. The molecule has 0 aliphatic carbocycles. The van der Waals surface area contributed by atoms with Gasteiger partial charge in [-0.1, -0.05) is 151 Å². The Morgan fingerprint density at radius 2 is 0.545 bits per heavy atom. The number of benzene rings is 10. The van der Waals surface area contributed by atoms with Crippen molar-refractivity contribution in [3.63, 3.8) is 0 Å². The van der Waals surface area contributed by atoms with E-state index in [-0.39, 0.29) is 95.1 Å². The van der Waals surface area contributed by atoms with Crippen LogP contribution in [0.3, 0.4) is 0 Å². The molecule has 22 heteroatoms. The maximum absolute atomic E-state index is 6.21. The third kappa shape index (κ3) is 19.7. The molecular weight excluding hydrogens is 2390 g/mol. The number of pyridine rings is 8. The molecule has 0 aliphatic rings. The van der Waals surface area contributed by atoms with Crippen molar-refractivity contribution in [1.29, 1.82) is 0 Å². The molecule has 132 heavy (non-hydrogen) atoms. The van der Waals surface area contributed by atoms with Crippen LogP contribution >= 0.6 is 0 Å². The zero-order valence-electron chi connectivity index (χ0n) is 72.7. The third-order valence-electron chi connectivity index (χ3n) is 22.9. The summed E-state index contributed by atoms with van der Waals surface area (Å²) >= 11 is 0. The van der Waals surface area contributed by atoms with E-state index >= 15 is 0 Å². The minimum absolute atomic E-state index is 0. The van der Waals surface area contributed by atoms with Gasteiger partial charge in [0, 0.05) is 117 Å². The van der Waals surface area contributed by atoms with E-state index in [4.69, 9.17) is 27.1 Å². The summed E-state index contributed by atoms with van der Waals surface area (Å²) in [5.74, 6) is 3.72. The molecule has 0 atom stereocenters. The number of nitrogens with zero attached hydrogens (tertiary/aromatic N) is 10. The number of hydrogen-bond donors (Lipinski definition) is 0. The van der Waals surface area contributed by atoms with E-state index < -0.39 is 16.1 Å². The molecule has 656 valence electrons. The van der Waals surface area contributed by atoms with Crippen molar-refractivity contribution in [2.75, 3.05) is 9.80 Å². The molecule has 0 spiro atoms. The van der Waals surface area contributed by atoms with E-state index in [1.54, 1.807) is 49.1 Å². The van der Waals surface area contributed by atoms with Gasteiger partial charge in [-0.05, 0) is 165 Å². The van der Waals surface area contributed by atoms with Gasteiger partial charge in [-0.25, -0.2) is 19.9 Å². The SMILES string of the molecule is CC(C)(c1[c-]c2c(cc1)oc1ccc(C(C)(C)c3ccccn3)[c-]c12)c1ccccn1.C[Si](C)(c1[c-]c2c(cc1)oc1ccc([Si](C)(C)c3ccccn3)[c-]c12)c1ccccn1.[Pt+2].[Pt+2].[Pt+2].[Pt+2].[c-]1c(N(c2ccccc2)c2ccccn2)ccc2oc3ccc(N(c4ccccc4)c4ccccn4)[c-]c3c12.[c-]1c(Oc2ccccn2)ccc2oc3ccc(Oc4ccccn4)[c-]c3c12. The maximum Gasteiger partial charge on any atom is 2.00 e. The van der Waals surface area contributed by atoms with Crippen molar-refractivity contribution in [3.05, 3.63) is 424 Å². The first kappa shape index (κ1) is 93.7. The van der Waals surface area contributed by atoms with Gasteiger partial charge in [0.2, 0.25) is 11.8 Å². The van der Waals surface area contributed by atoms with Gasteiger partial charge in [0.1, 0.15) is 27.8 Å². The Balaban J connectivity index is 0.000000134. The zero-order valence-corrected chi connectivity index (χ0v) is 83.8. The van der Waals surface area contributed by atoms with Crippen molar-refractivity contribution in [2.45, 2.75) is 64.7 Å². The van der Waals surface area contributed by atoms with Gasteiger partial charge in [0.05, 0.1) is 0 Å². The predicted molar refractivity (Wildman–Crippen MR) is 514 cm³/mol. The van der Waals surface area contributed by atoms with Gasteiger partial charge in [-0.2, -0.15) is 79.5 Å². The van der Waals surface area contributed by atoms with E-state index in [9.17, 15) is 0 Å². The second kappa shape index (κ2) is 40.8. The Hall–Kier alpha value is -13.0. The summed E-state index contributed by atoms with van der Waals surface area (Å²) in [7, 11) is -3.92. The van der Waals surface area contributed by atoms with Crippen LogP contribution in [-0.2, 0) is 95.1 Å². The zero-order chi connectivity index (χ0) is 87.4. The fraction of sp³-hybridized carbons (Fsp3) is 0.0909. The molecule has 0 fully saturated rings. The standard InChI is InChI=1S/C34H22N4O.C28H24N2O.C26H24N2OSi2.C22H12N2O3.4Pt/c1-3-11-25(12-4-1)37(33-15-7-9-21-35-33)27-17-19-31-29(23-27)30-24-28(18-20-32(30)39-31)38(26-13-5-2-6-14-26)34-16-8-10-22-36-34;1-27(2,25-9-5-7-15-29-25)19-11-13-23-21(17-19)22-18-20(12-14-24(22)31-23)28(3,4)26-10-6-8-16-30-26;1-30(2,25-9-5-7-15-27-25)19-11-13-23-21(17-19)22-18-20(12-14-24(22)29-23)31(3,4)26-10-6-8-16-28-26;1-3-11-23-21(5-1)25-15-7-9-19-17(13-15)18-14-16(8-10-20(18)27-19)26-22-6-2-4-12-24-22;;;;/h1-22H;2*5-16H,1-4H3;1-12H;;;;/q4*-2;4*+2. The van der Waals surface area contributed by atoms with Crippen LogP contribution in [0.1, 0.15) is 50.2 Å². The minimum atomic E-state index is -1.96. The Kier molecular flexibility index (Phi) is 28.9. The fourth-order valence-corrected chi connectivity index (χ4v) is 19.9. The first-order valence-electron chi connectivity index (χ1n) is 42.1. The number of ether oxygens (including phenoxy) is 2. The number of furan rings is 4. The van der Waals surface area contributed by atoms with Crippen LogP contribution in [-0.4, -0.2) is 56.0 Å². The Morgan fingerprint density at radius 3 is 0.871 bits per heavy atom. The van der Waals surface area contributed by atoms with E-state index in [2.05, 4.69) is 249 Å². The normalized spacial score (nSPS) is 11.4. The smallest absolute Gasteiger partial charge is 0.564 e. The number of aromatic nitrogens is 8. The predicted octanol–water partition coefficient (Wildman–Crippen LogP) is 24.7. The summed E-state index contributed by atoms with van der Waals surface area (Å²) in [5.41, 5.74) is 13.6. The summed E-state index contributed by atoms with van der Waals surface area (Å²) in [6, 6.07) is 128. The first-order valence-corrected chi connectivity index (χ1v) is 48.1. The van der Waals surface area contributed by atoms with Crippen LogP contribution in [0.4, 0.5) is 34.4 Å². The van der Waals surface area contributed by atoms with Crippen molar-refractivity contribution < 1.29 is 111 Å². The van der Waals surface area contributed by atoms with Crippen molar-refractivity contribution in [3.8, 4) is 23.3 Å². The molecule has 12 heterocycles. The molecule has 0 N–H and O–H groups in total. The largest absolute Gasteiger partial charge is 2.00 e. The monoisotopic (exact) mass is 2470 g/mol. The molecule has 0 radical (unpaired) electrons. The number of anilines is 6. The Bertz CT molecular complexity index is 6910. The maximum atomic E-state index is 6.21. The minimum Gasteiger partial charge on any atom is -0.564 e. The molecule has 0 unspecified atom stereocenters. The number of hydrogen-bond acceptors (Lipinski definition) is 16. The fourth-order valence-electron chi connectivity index (χ4n) is 15.7. The van der Waals surface area contributed by atoms with E-state index in [0.717, 1.165) is 144 Å².